The van der Waals surface area contributed by atoms with E-state index in [2.05, 4.69) is 10.3 Å². The summed E-state index contributed by atoms with van der Waals surface area (Å²) in [5.74, 6) is 0. The number of nitrogens with zero attached hydrogens (tertiary/aromatic N) is 1. The van der Waals surface area contributed by atoms with Crippen molar-refractivity contribution in [1.29, 1.82) is 0 Å². The van der Waals surface area contributed by atoms with Gasteiger partial charge in [0.15, 0.2) is 0 Å². The van der Waals surface area contributed by atoms with Crippen LogP contribution in [0.2, 0.25) is 0 Å². The first-order valence-electron chi connectivity index (χ1n) is 5.98. The summed E-state index contributed by atoms with van der Waals surface area (Å²) in [6.45, 7) is 0.625. The highest BCUT2D eigenvalue weighted by molar-refractivity contribution is 8.00. The molecule has 0 aromatic carbocycles. The molecule has 1 aromatic rings. The summed E-state index contributed by atoms with van der Waals surface area (Å²) in [6, 6.07) is 0.974. The van der Waals surface area contributed by atoms with Crippen LogP contribution < -0.4 is 11.1 Å². The first-order valence-corrected chi connectivity index (χ1v) is 7.20. The van der Waals surface area contributed by atoms with Gasteiger partial charge in [-0.1, -0.05) is 6.42 Å². The van der Waals surface area contributed by atoms with Gasteiger partial charge in [-0.05, 0) is 25.2 Å². The summed E-state index contributed by atoms with van der Waals surface area (Å²) in [7, 11) is 0. The Labute approximate surface area is 114 Å². The lowest BCUT2D eigenvalue weighted by Crippen LogP contribution is -2.40. The molecule has 1 aliphatic carbocycles. The number of thioether (sulfide) groups is 1. The van der Waals surface area contributed by atoms with E-state index in [0.29, 0.717) is 12.2 Å². The molecule has 0 aliphatic heterocycles. The zero-order valence-electron chi connectivity index (χ0n) is 10.5. The first-order chi connectivity index (χ1) is 8.86. The molecular weight excluding hydrogens is 275 g/mol. The van der Waals surface area contributed by atoms with Crippen molar-refractivity contribution in [2.24, 2.45) is 0 Å². The minimum atomic E-state index is -4.45. The Hall–Kier alpha value is -1.11. The number of rotatable bonds is 4. The van der Waals surface area contributed by atoms with Crippen LogP contribution in [0.5, 0.6) is 0 Å². The smallest absolute Gasteiger partial charge is 0.396 e. The van der Waals surface area contributed by atoms with Crippen molar-refractivity contribution in [3.63, 3.8) is 0 Å². The van der Waals surface area contributed by atoms with Crippen LogP contribution in [0.4, 0.5) is 24.5 Å². The number of alkyl halides is 3. The van der Waals surface area contributed by atoms with Crippen molar-refractivity contribution < 1.29 is 13.2 Å². The Balaban J connectivity index is 2.11. The zero-order valence-corrected chi connectivity index (χ0v) is 11.4. The maximum Gasteiger partial charge on any atom is 0.433 e. The highest BCUT2D eigenvalue weighted by Crippen LogP contribution is 2.43. The standard InChI is InChI=1S/C12H16F3N3S/c1-19-11(3-2-4-11)7-18-9-5-10(12(13,14)15)17-6-8(9)16/h5-6H,2-4,7,16H2,1H3,(H,17,18). The molecule has 106 valence electrons. The third kappa shape index (κ3) is 3.08. The lowest BCUT2D eigenvalue weighted by Gasteiger charge is -2.40. The highest BCUT2D eigenvalue weighted by Gasteiger charge is 2.36. The summed E-state index contributed by atoms with van der Waals surface area (Å²) < 4.78 is 37.9. The average Bonchev–Trinajstić information content (AvgIpc) is 2.29. The molecule has 0 radical (unpaired) electrons. The molecule has 1 aromatic heterocycles. The van der Waals surface area contributed by atoms with Crippen LogP contribution in [0.1, 0.15) is 25.0 Å². The monoisotopic (exact) mass is 291 g/mol. The molecule has 1 heterocycles. The molecule has 0 bridgehead atoms. The van der Waals surface area contributed by atoms with E-state index in [1.165, 1.54) is 6.42 Å². The fourth-order valence-corrected chi connectivity index (χ4v) is 2.97. The SMILES string of the molecule is CSC1(CNc2cc(C(F)(F)F)ncc2N)CCC1. The van der Waals surface area contributed by atoms with Gasteiger partial charge in [0.25, 0.3) is 0 Å². The molecule has 0 spiro atoms. The van der Waals surface area contributed by atoms with Crippen molar-refractivity contribution in [1.82, 2.24) is 4.98 Å². The summed E-state index contributed by atoms with van der Waals surface area (Å²) in [4.78, 5) is 3.31. The van der Waals surface area contributed by atoms with Crippen molar-refractivity contribution in [2.45, 2.75) is 30.2 Å². The van der Waals surface area contributed by atoms with Crippen LogP contribution in [0.15, 0.2) is 12.3 Å². The molecule has 19 heavy (non-hydrogen) atoms. The largest absolute Gasteiger partial charge is 0.433 e. The number of pyridine rings is 1. The van der Waals surface area contributed by atoms with Crippen LogP contribution in [0.3, 0.4) is 0 Å². The lowest BCUT2D eigenvalue weighted by molar-refractivity contribution is -0.141. The summed E-state index contributed by atoms with van der Waals surface area (Å²) in [5.41, 5.74) is 5.29. The lowest BCUT2D eigenvalue weighted by atomic mass is 9.84. The van der Waals surface area contributed by atoms with Crippen molar-refractivity contribution >= 4 is 23.1 Å². The maximum atomic E-state index is 12.6. The Morgan fingerprint density at radius 2 is 2.16 bits per heavy atom. The molecule has 0 unspecified atom stereocenters. The van der Waals surface area contributed by atoms with E-state index in [9.17, 15) is 13.2 Å². The predicted octanol–water partition coefficient (Wildman–Crippen LogP) is 3.38. The predicted molar refractivity (Wildman–Crippen MR) is 72.2 cm³/mol. The molecule has 1 saturated carbocycles. The number of aromatic nitrogens is 1. The Kier molecular flexibility index (Phi) is 3.85. The maximum absolute atomic E-state index is 12.6. The summed E-state index contributed by atoms with van der Waals surface area (Å²) in [5, 5.41) is 3.03. The zero-order chi connectivity index (χ0) is 14.1. The molecule has 0 atom stereocenters. The number of hydrogen-bond acceptors (Lipinski definition) is 4. The van der Waals surface area contributed by atoms with E-state index in [1.54, 1.807) is 11.8 Å². The topological polar surface area (TPSA) is 50.9 Å². The number of hydrogen-bond donors (Lipinski definition) is 2. The highest BCUT2D eigenvalue weighted by atomic mass is 32.2. The van der Waals surface area contributed by atoms with Gasteiger partial charge in [-0.2, -0.15) is 24.9 Å². The molecule has 7 heteroatoms. The minimum absolute atomic E-state index is 0.133. The van der Waals surface area contributed by atoms with Gasteiger partial charge in [-0.3, -0.25) is 0 Å². The number of halogens is 3. The van der Waals surface area contributed by atoms with Crippen molar-refractivity contribution in [3.8, 4) is 0 Å². The third-order valence-corrected chi connectivity index (χ3v) is 4.94. The van der Waals surface area contributed by atoms with Gasteiger partial charge in [-0.25, -0.2) is 4.98 Å². The van der Waals surface area contributed by atoms with E-state index in [4.69, 9.17) is 5.73 Å². The second-order valence-electron chi connectivity index (χ2n) is 4.75. The molecule has 3 N–H and O–H groups in total. The fourth-order valence-electron chi connectivity index (χ4n) is 2.05. The van der Waals surface area contributed by atoms with Gasteiger partial charge in [0.05, 0.1) is 17.6 Å². The normalized spacial score (nSPS) is 17.9. The summed E-state index contributed by atoms with van der Waals surface area (Å²) >= 11 is 1.75. The van der Waals surface area contributed by atoms with Gasteiger partial charge >= 0.3 is 6.18 Å². The first kappa shape index (κ1) is 14.3. The fraction of sp³-hybridized carbons (Fsp3) is 0.583. The van der Waals surface area contributed by atoms with Gasteiger partial charge in [0, 0.05) is 11.3 Å². The minimum Gasteiger partial charge on any atom is -0.396 e. The number of nitrogens with two attached hydrogens (primary N) is 1. The second kappa shape index (κ2) is 5.11. The van der Waals surface area contributed by atoms with E-state index in [0.717, 1.165) is 25.1 Å². The van der Waals surface area contributed by atoms with Gasteiger partial charge < -0.3 is 11.1 Å². The van der Waals surface area contributed by atoms with Crippen LogP contribution in [0.25, 0.3) is 0 Å². The molecule has 0 saturated heterocycles. The Bertz CT molecular complexity index is 453. The number of anilines is 2. The molecule has 3 nitrogen and oxygen atoms in total. The number of nitrogens with one attached hydrogen (secondary N) is 1. The molecule has 1 fully saturated rings. The van der Waals surface area contributed by atoms with Gasteiger partial charge in [0.1, 0.15) is 5.69 Å². The summed E-state index contributed by atoms with van der Waals surface area (Å²) in [6.07, 6.45) is 1.96. The Morgan fingerprint density at radius 1 is 1.47 bits per heavy atom. The van der Waals surface area contributed by atoms with E-state index in [1.807, 2.05) is 6.26 Å². The van der Waals surface area contributed by atoms with E-state index in [-0.39, 0.29) is 10.4 Å². The second-order valence-corrected chi connectivity index (χ2v) is 6.02. The van der Waals surface area contributed by atoms with Crippen LogP contribution in [-0.2, 0) is 6.18 Å². The van der Waals surface area contributed by atoms with Crippen LogP contribution in [0, 0.1) is 0 Å². The number of nitrogen functional groups attached to an aromatic ring is 1. The van der Waals surface area contributed by atoms with Gasteiger partial charge in [0.2, 0.25) is 0 Å². The molecule has 1 aliphatic rings. The quantitative estimate of drug-likeness (QED) is 0.893. The van der Waals surface area contributed by atoms with Crippen LogP contribution >= 0.6 is 11.8 Å². The average molecular weight is 291 g/mol. The van der Waals surface area contributed by atoms with E-state index < -0.39 is 11.9 Å². The molecule has 0 amide bonds. The van der Waals surface area contributed by atoms with Crippen LogP contribution in [-0.4, -0.2) is 22.5 Å². The Morgan fingerprint density at radius 3 is 2.63 bits per heavy atom. The molecular formula is C12H16F3N3S. The van der Waals surface area contributed by atoms with Crippen molar-refractivity contribution in [2.75, 3.05) is 23.9 Å². The third-order valence-electron chi connectivity index (χ3n) is 3.52. The van der Waals surface area contributed by atoms with Gasteiger partial charge in [-0.15, -0.1) is 0 Å². The molecule has 2 rings (SSSR count). The van der Waals surface area contributed by atoms with E-state index >= 15 is 0 Å². The van der Waals surface area contributed by atoms with Crippen molar-refractivity contribution in [3.05, 3.63) is 18.0 Å².